The van der Waals surface area contributed by atoms with Gasteiger partial charge in [0.15, 0.2) is 5.75 Å². The third kappa shape index (κ3) is 6.26. The Hall–Kier alpha value is -3.56. The standard InChI is InChI=1S/C19H12Cl2N6O10S3/c20-17-23-18(21)25-19(24-17)22-8-4-5-12(38(29,30)31)10(6-8)26-27-11-7-14(40(35,36)37)9-2-1-3-13(39(32,33)34)15(9)16(11)28/h1-7,28H,(H,29,30,31)(H,32,33,34)(H,35,36,37)(H,22,23,24,25). The molecule has 0 atom stereocenters. The van der Waals surface area contributed by atoms with Crippen LogP contribution >= 0.6 is 23.2 Å². The molecule has 5 N–H and O–H groups in total. The van der Waals surface area contributed by atoms with Crippen LogP contribution in [0.4, 0.5) is 23.0 Å². The van der Waals surface area contributed by atoms with Gasteiger partial charge in [0.25, 0.3) is 30.4 Å². The van der Waals surface area contributed by atoms with Crippen LogP contribution in [-0.2, 0) is 30.4 Å². The van der Waals surface area contributed by atoms with Crippen molar-refractivity contribution >= 4 is 87.3 Å². The van der Waals surface area contributed by atoms with Gasteiger partial charge in [0, 0.05) is 16.5 Å². The zero-order chi connectivity index (χ0) is 29.6. The summed E-state index contributed by atoms with van der Waals surface area (Å²) >= 11 is 11.4. The van der Waals surface area contributed by atoms with Gasteiger partial charge in [-0.15, -0.1) is 10.2 Å². The Morgan fingerprint density at radius 2 is 1.27 bits per heavy atom. The summed E-state index contributed by atoms with van der Waals surface area (Å²) in [6.45, 7) is 0. The van der Waals surface area contributed by atoms with Crippen molar-refractivity contribution in [3.8, 4) is 5.75 Å². The van der Waals surface area contributed by atoms with E-state index in [2.05, 4.69) is 30.5 Å². The highest BCUT2D eigenvalue weighted by Gasteiger charge is 2.25. The predicted molar refractivity (Wildman–Crippen MR) is 139 cm³/mol. The number of hydrogen-bond donors (Lipinski definition) is 5. The first-order valence-electron chi connectivity index (χ1n) is 10.1. The van der Waals surface area contributed by atoms with Crippen LogP contribution in [0, 0.1) is 0 Å². The van der Waals surface area contributed by atoms with Crippen molar-refractivity contribution in [2.24, 2.45) is 10.2 Å². The van der Waals surface area contributed by atoms with E-state index in [0.717, 1.165) is 36.4 Å². The molecular formula is C19H12Cl2N6O10S3. The molecule has 0 spiro atoms. The van der Waals surface area contributed by atoms with Crippen molar-refractivity contribution in [1.82, 2.24) is 15.0 Å². The SMILES string of the molecule is O=S(=O)(O)c1ccc(Nc2nc(Cl)nc(Cl)n2)cc1N=Nc1cc(S(=O)(=O)O)c2cccc(S(=O)(=O)O)c2c1O. The molecule has 4 aromatic rings. The monoisotopic (exact) mass is 650 g/mol. The van der Waals surface area contributed by atoms with E-state index in [1.807, 2.05) is 0 Å². The molecule has 0 aliphatic rings. The third-order valence-corrected chi connectivity index (χ3v) is 7.96. The molecule has 16 nitrogen and oxygen atoms in total. The quantitative estimate of drug-likeness (QED) is 0.140. The Kier molecular flexibility index (Phi) is 7.68. The van der Waals surface area contributed by atoms with Crippen molar-refractivity contribution < 1.29 is 44.0 Å². The fraction of sp³-hybridized carbons (Fsp3) is 0. The second-order valence-corrected chi connectivity index (χ2v) is 12.4. The summed E-state index contributed by atoms with van der Waals surface area (Å²) in [5, 5.41) is 18.9. The Morgan fingerprint density at radius 1 is 0.700 bits per heavy atom. The number of aromatic hydroxyl groups is 1. The van der Waals surface area contributed by atoms with E-state index in [0.29, 0.717) is 6.07 Å². The number of fused-ring (bicyclic) bond motifs is 1. The van der Waals surface area contributed by atoms with Crippen molar-refractivity contribution in [2.75, 3.05) is 5.32 Å². The molecule has 0 saturated heterocycles. The molecule has 0 fully saturated rings. The minimum Gasteiger partial charge on any atom is -0.505 e. The number of nitrogens with zero attached hydrogens (tertiary/aromatic N) is 5. The van der Waals surface area contributed by atoms with Gasteiger partial charge in [-0.2, -0.15) is 40.2 Å². The topological polar surface area (TPSA) is 259 Å². The van der Waals surface area contributed by atoms with Gasteiger partial charge in [-0.25, -0.2) is 0 Å². The van der Waals surface area contributed by atoms with Crippen LogP contribution < -0.4 is 5.32 Å². The van der Waals surface area contributed by atoms with E-state index in [1.165, 1.54) is 0 Å². The molecule has 0 amide bonds. The summed E-state index contributed by atoms with van der Waals surface area (Å²) in [7, 11) is -15.0. The summed E-state index contributed by atoms with van der Waals surface area (Å²) in [5.74, 6) is -1.17. The van der Waals surface area contributed by atoms with Gasteiger partial charge < -0.3 is 10.4 Å². The number of phenols is 1. The maximum Gasteiger partial charge on any atom is 0.296 e. The van der Waals surface area contributed by atoms with Gasteiger partial charge in [-0.1, -0.05) is 12.1 Å². The molecule has 4 rings (SSSR count). The maximum absolute atomic E-state index is 12.0. The predicted octanol–water partition coefficient (Wildman–Crippen LogP) is 3.94. The fourth-order valence-electron chi connectivity index (χ4n) is 3.39. The minimum absolute atomic E-state index is 0.0506. The molecule has 0 aliphatic carbocycles. The number of anilines is 2. The summed E-state index contributed by atoms with van der Waals surface area (Å²) in [6, 6.07) is 6.63. The van der Waals surface area contributed by atoms with E-state index < -0.39 is 72.9 Å². The highest BCUT2D eigenvalue weighted by molar-refractivity contribution is 7.86. The largest absolute Gasteiger partial charge is 0.505 e. The molecule has 0 unspecified atom stereocenters. The summed E-state index contributed by atoms with van der Waals surface area (Å²) in [4.78, 5) is 8.46. The minimum atomic E-state index is -5.07. The molecule has 0 radical (unpaired) electrons. The molecule has 0 saturated carbocycles. The van der Waals surface area contributed by atoms with Crippen LogP contribution in [0.15, 0.2) is 67.4 Å². The van der Waals surface area contributed by atoms with Crippen molar-refractivity contribution in [2.45, 2.75) is 14.7 Å². The van der Waals surface area contributed by atoms with Gasteiger partial charge in [-0.05, 0) is 53.5 Å². The number of aromatic nitrogens is 3. The van der Waals surface area contributed by atoms with Gasteiger partial charge in [0.05, 0.1) is 0 Å². The first kappa shape index (κ1) is 29.4. The third-order valence-electron chi connectivity index (χ3n) is 4.93. The number of nitrogens with one attached hydrogen (secondary N) is 1. The van der Waals surface area contributed by atoms with Crippen LogP contribution in [0.1, 0.15) is 0 Å². The Bertz CT molecular complexity index is 2040. The molecule has 3 aromatic carbocycles. The Labute approximate surface area is 234 Å². The van der Waals surface area contributed by atoms with Crippen LogP contribution in [0.3, 0.4) is 0 Å². The normalized spacial score (nSPS) is 12.7. The van der Waals surface area contributed by atoms with E-state index in [4.69, 9.17) is 23.2 Å². The van der Waals surface area contributed by atoms with Gasteiger partial charge >= 0.3 is 0 Å². The molecular weight excluding hydrogens is 639 g/mol. The average Bonchev–Trinajstić information content (AvgIpc) is 2.80. The second-order valence-electron chi connectivity index (χ2n) is 7.55. The number of rotatable bonds is 7. The van der Waals surface area contributed by atoms with E-state index in [1.54, 1.807) is 0 Å². The number of halogens is 2. The van der Waals surface area contributed by atoms with Crippen LogP contribution in [0.5, 0.6) is 5.75 Å². The lowest BCUT2D eigenvalue weighted by Crippen LogP contribution is -2.03. The summed E-state index contributed by atoms with van der Waals surface area (Å²) < 4.78 is 101. The lowest BCUT2D eigenvalue weighted by atomic mass is 10.1. The van der Waals surface area contributed by atoms with E-state index in [9.17, 15) is 44.0 Å². The lowest BCUT2D eigenvalue weighted by Gasteiger charge is -2.11. The molecule has 40 heavy (non-hydrogen) atoms. The molecule has 1 aromatic heterocycles. The van der Waals surface area contributed by atoms with Crippen molar-refractivity contribution in [3.63, 3.8) is 0 Å². The molecule has 0 aliphatic heterocycles. The molecule has 21 heteroatoms. The smallest absolute Gasteiger partial charge is 0.296 e. The number of azo groups is 1. The van der Waals surface area contributed by atoms with Crippen LogP contribution in [0.2, 0.25) is 10.6 Å². The number of hydrogen-bond acceptors (Lipinski definition) is 13. The first-order chi connectivity index (χ1) is 18.4. The highest BCUT2D eigenvalue weighted by atomic mass is 35.5. The molecule has 1 heterocycles. The van der Waals surface area contributed by atoms with Crippen molar-refractivity contribution in [1.29, 1.82) is 0 Å². The van der Waals surface area contributed by atoms with E-state index >= 15 is 0 Å². The first-order valence-corrected chi connectivity index (χ1v) is 15.1. The van der Waals surface area contributed by atoms with Gasteiger partial charge in [-0.3, -0.25) is 13.7 Å². The summed E-state index contributed by atoms with van der Waals surface area (Å²) in [6.07, 6.45) is 0. The van der Waals surface area contributed by atoms with E-state index in [-0.39, 0.29) is 22.2 Å². The van der Waals surface area contributed by atoms with Crippen LogP contribution in [0.25, 0.3) is 10.8 Å². The van der Waals surface area contributed by atoms with Crippen molar-refractivity contribution in [3.05, 3.63) is 53.0 Å². The average molecular weight is 651 g/mol. The lowest BCUT2D eigenvalue weighted by molar-refractivity contribution is 0.472. The molecule has 210 valence electrons. The zero-order valence-electron chi connectivity index (χ0n) is 19.0. The maximum atomic E-state index is 12.0. The van der Waals surface area contributed by atoms with Crippen LogP contribution in [-0.4, -0.2) is 59.0 Å². The van der Waals surface area contributed by atoms with Gasteiger partial charge in [0.2, 0.25) is 16.5 Å². The number of benzene rings is 3. The highest BCUT2D eigenvalue weighted by Crippen LogP contribution is 2.43. The second kappa shape index (κ2) is 10.4. The molecule has 0 bridgehead atoms. The fourth-order valence-corrected chi connectivity index (χ4v) is 5.78. The summed E-state index contributed by atoms with van der Waals surface area (Å²) in [5.41, 5.74) is -1.30. The zero-order valence-corrected chi connectivity index (χ0v) is 23.0. The van der Waals surface area contributed by atoms with Gasteiger partial charge in [0.1, 0.15) is 26.1 Å². The Balaban J connectivity index is 1.93. The number of phenolic OH excluding ortho intramolecular Hbond substituents is 1. The Morgan fingerprint density at radius 3 is 1.85 bits per heavy atom.